The molecule has 0 atom stereocenters. The summed E-state index contributed by atoms with van der Waals surface area (Å²) < 4.78 is 0. The summed E-state index contributed by atoms with van der Waals surface area (Å²) in [7, 11) is 0. The second-order valence-electron chi connectivity index (χ2n) is 3.63. The molecule has 0 radical (unpaired) electrons. The van der Waals surface area contributed by atoms with Crippen molar-refractivity contribution >= 4 is 10.9 Å². The maximum absolute atomic E-state index is 11.6. The van der Waals surface area contributed by atoms with Gasteiger partial charge in [0.1, 0.15) is 0 Å². The van der Waals surface area contributed by atoms with Crippen LogP contribution in [-0.4, -0.2) is 9.97 Å². The number of hydrogen-bond acceptors (Lipinski definition) is 2. The van der Waals surface area contributed by atoms with Crippen LogP contribution in [0.25, 0.3) is 10.9 Å². The predicted molar refractivity (Wildman–Crippen MR) is 56.5 cm³/mol. The van der Waals surface area contributed by atoms with Crippen molar-refractivity contribution in [2.45, 2.75) is 19.8 Å². The molecule has 0 aliphatic rings. The summed E-state index contributed by atoms with van der Waals surface area (Å²) in [5.41, 5.74) is 1.76. The Bertz CT molecular complexity index is 509. The number of H-pyrrole nitrogens is 1. The highest BCUT2D eigenvalue weighted by Crippen LogP contribution is 2.20. The zero-order valence-electron chi connectivity index (χ0n) is 8.24. The Morgan fingerprint density at radius 2 is 2.14 bits per heavy atom. The van der Waals surface area contributed by atoms with Gasteiger partial charge < -0.3 is 4.98 Å². The van der Waals surface area contributed by atoms with Crippen LogP contribution in [-0.2, 0) is 0 Å². The molecule has 3 nitrogen and oxygen atoms in total. The Balaban J connectivity index is 2.91. The van der Waals surface area contributed by atoms with Crippen molar-refractivity contribution in [3.05, 3.63) is 40.4 Å². The SMILES string of the molecule is CC(C)c1cccc2nc[nH]c(=O)c12. The van der Waals surface area contributed by atoms with Gasteiger partial charge in [-0.1, -0.05) is 26.0 Å². The molecular formula is C11H12N2O. The van der Waals surface area contributed by atoms with Crippen LogP contribution < -0.4 is 5.56 Å². The quantitative estimate of drug-likeness (QED) is 0.744. The van der Waals surface area contributed by atoms with Gasteiger partial charge in [0.2, 0.25) is 0 Å². The third kappa shape index (κ3) is 1.31. The Morgan fingerprint density at radius 1 is 1.36 bits per heavy atom. The molecule has 0 aliphatic carbocycles. The maximum atomic E-state index is 11.6. The molecule has 72 valence electrons. The molecule has 0 fully saturated rings. The molecule has 1 aromatic heterocycles. The van der Waals surface area contributed by atoms with Crippen LogP contribution in [0.1, 0.15) is 25.3 Å². The number of rotatable bonds is 1. The van der Waals surface area contributed by atoms with E-state index in [1.54, 1.807) is 0 Å². The monoisotopic (exact) mass is 188 g/mol. The van der Waals surface area contributed by atoms with Crippen LogP contribution in [0.2, 0.25) is 0 Å². The maximum Gasteiger partial charge on any atom is 0.258 e. The van der Waals surface area contributed by atoms with Crippen molar-refractivity contribution in [1.29, 1.82) is 0 Å². The van der Waals surface area contributed by atoms with Crippen molar-refractivity contribution in [2.24, 2.45) is 0 Å². The molecule has 0 spiro atoms. The number of benzene rings is 1. The minimum atomic E-state index is -0.0562. The first-order valence-corrected chi connectivity index (χ1v) is 4.66. The van der Waals surface area contributed by atoms with Crippen LogP contribution >= 0.6 is 0 Å². The second kappa shape index (κ2) is 3.25. The number of aromatic nitrogens is 2. The van der Waals surface area contributed by atoms with Gasteiger partial charge in [-0.2, -0.15) is 0 Å². The van der Waals surface area contributed by atoms with Crippen LogP contribution in [0.4, 0.5) is 0 Å². The van der Waals surface area contributed by atoms with Crippen molar-refractivity contribution in [3.8, 4) is 0 Å². The number of nitrogens with zero attached hydrogens (tertiary/aromatic N) is 1. The van der Waals surface area contributed by atoms with Crippen LogP contribution in [0.3, 0.4) is 0 Å². The lowest BCUT2D eigenvalue weighted by Gasteiger charge is -2.07. The molecule has 2 aromatic rings. The van der Waals surface area contributed by atoms with E-state index in [-0.39, 0.29) is 5.56 Å². The van der Waals surface area contributed by atoms with E-state index in [2.05, 4.69) is 23.8 Å². The number of fused-ring (bicyclic) bond motifs is 1. The van der Waals surface area contributed by atoms with E-state index in [4.69, 9.17) is 0 Å². The van der Waals surface area contributed by atoms with Gasteiger partial charge in [0.15, 0.2) is 0 Å². The predicted octanol–water partition coefficient (Wildman–Crippen LogP) is 2.05. The van der Waals surface area contributed by atoms with E-state index in [1.807, 2.05) is 18.2 Å². The van der Waals surface area contributed by atoms with Crippen LogP contribution in [0.15, 0.2) is 29.3 Å². The first-order valence-electron chi connectivity index (χ1n) is 4.66. The highest BCUT2D eigenvalue weighted by atomic mass is 16.1. The smallest absolute Gasteiger partial charge is 0.258 e. The van der Waals surface area contributed by atoms with E-state index < -0.39 is 0 Å². The van der Waals surface area contributed by atoms with Crippen molar-refractivity contribution in [1.82, 2.24) is 9.97 Å². The highest BCUT2D eigenvalue weighted by molar-refractivity contribution is 5.81. The van der Waals surface area contributed by atoms with E-state index in [0.29, 0.717) is 11.3 Å². The van der Waals surface area contributed by atoms with Gasteiger partial charge in [-0.05, 0) is 17.5 Å². The second-order valence-corrected chi connectivity index (χ2v) is 3.63. The fourth-order valence-electron chi connectivity index (χ4n) is 1.63. The normalized spacial score (nSPS) is 11.1. The van der Waals surface area contributed by atoms with Gasteiger partial charge in [0.05, 0.1) is 17.2 Å². The third-order valence-electron chi connectivity index (χ3n) is 2.32. The first kappa shape index (κ1) is 8.94. The average molecular weight is 188 g/mol. The molecule has 0 saturated carbocycles. The summed E-state index contributed by atoms with van der Waals surface area (Å²) in [6.45, 7) is 4.14. The first-order chi connectivity index (χ1) is 6.70. The van der Waals surface area contributed by atoms with Crippen molar-refractivity contribution in [2.75, 3.05) is 0 Å². The molecule has 0 unspecified atom stereocenters. The summed E-state index contributed by atoms with van der Waals surface area (Å²) in [6, 6.07) is 5.77. The van der Waals surface area contributed by atoms with Gasteiger partial charge in [-0.15, -0.1) is 0 Å². The summed E-state index contributed by atoms with van der Waals surface area (Å²) in [5.74, 6) is 0.337. The van der Waals surface area contributed by atoms with E-state index in [9.17, 15) is 4.79 Å². The number of hydrogen-bond donors (Lipinski definition) is 1. The van der Waals surface area contributed by atoms with E-state index >= 15 is 0 Å². The van der Waals surface area contributed by atoms with Crippen molar-refractivity contribution < 1.29 is 0 Å². The van der Waals surface area contributed by atoms with E-state index in [0.717, 1.165) is 11.1 Å². The molecule has 1 heterocycles. The van der Waals surface area contributed by atoms with Gasteiger partial charge >= 0.3 is 0 Å². The Kier molecular flexibility index (Phi) is 2.08. The molecule has 3 heteroatoms. The molecule has 14 heavy (non-hydrogen) atoms. The minimum absolute atomic E-state index is 0.0562. The van der Waals surface area contributed by atoms with Gasteiger partial charge in [0.25, 0.3) is 5.56 Å². The molecule has 0 saturated heterocycles. The largest absolute Gasteiger partial charge is 0.313 e. The van der Waals surface area contributed by atoms with Gasteiger partial charge in [-0.25, -0.2) is 4.98 Å². The molecule has 1 aromatic carbocycles. The van der Waals surface area contributed by atoms with Gasteiger partial charge in [-0.3, -0.25) is 4.79 Å². The van der Waals surface area contributed by atoms with Crippen LogP contribution in [0, 0.1) is 0 Å². The van der Waals surface area contributed by atoms with Crippen LogP contribution in [0.5, 0.6) is 0 Å². The highest BCUT2D eigenvalue weighted by Gasteiger charge is 2.07. The lowest BCUT2D eigenvalue weighted by atomic mass is 9.99. The van der Waals surface area contributed by atoms with E-state index in [1.165, 1.54) is 6.33 Å². The Morgan fingerprint density at radius 3 is 2.86 bits per heavy atom. The zero-order valence-corrected chi connectivity index (χ0v) is 8.24. The summed E-state index contributed by atoms with van der Waals surface area (Å²) in [5, 5.41) is 0.713. The number of nitrogens with one attached hydrogen (secondary N) is 1. The topological polar surface area (TPSA) is 45.8 Å². The third-order valence-corrected chi connectivity index (χ3v) is 2.32. The number of aromatic amines is 1. The van der Waals surface area contributed by atoms with Crippen molar-refractivity contribution in [3.63, 3.8) is 0 Å². The summed E-state index contributed by atoms with van der Waals surface area (Å²) in [4.78, 5) is 18.3. The lowest BCUT2D eigenvalue weighted by Crippen LogP contribution is -2.09. The Hall–Kier alpha value is -1.64. The average Bonchev–Trinajstić information content (AvgIpc) is 2.17. The summed E-state index contributed by atoms with van der Waals surface area (Å²) >= 11 is 0. The van der Waals surface area contributed by atoms with Gasteiger partial charge in [0, 0.05) is 0 Å². The molecule has 2 rings (SSSR count). The molecule has 0 aliphatic heterocycles. The summed E-state index contributed by atoms with van der Waals surface area (Å²) in [6.07, 6.45) is 1.44. The minimum Gasteiger partial charge on any atom is -0.313 e. The standard InChI is InChI=1S/C11H12N2O/c1-7(2)8-4-3-5-9-10(8)11(14)13-6-12-9/h3-7H,1-2H3,(H,12,13,14). The molecule has 0 amide bonds. The Labute approximate surface area is 81.8 Å². The molecule has 1 N–H and O–H groups in total. The molecule has 0 bridgehead atoms. The zero-order chi connectivity index (χ0) is 10.1. The molecular weight excluding hydrogens is 176 g/mol. The fourth-order valence-corrected chi connectivity index (χ4v) is 1.63. The lowest BCUT2D eigenvalue weighted by molar-refractivity contribution is 0.873. The fraction of sp³-hybridized carbons (Fsp3) is 0.273.